The van der Waals surface area contributed by atoms with Crippen molar-refractivity contribution in [3.8, 4) is 5.75 Å². The molecule has 0 radical (unpaired) electrons. The first kappa shape index (κ1) is 13.3. The summed E-state index contributed by atoms with van der Waals surface area (Å²) in [6.07, 6.45) is 2.58. The summed E-state index contributed by atoms with van der Waals surface area (Å²) in [5.41, 5.74) is 5.52. The van der Waals surface area contributed by atoms with Gasteiger partial charge in [-0.2, -0.15) is 0 Å². The molecule has 1 saturated carbocycles. The summed E-state index contributed by atoms with van der Waals surface area (Å²) in [6.45, 7) is 0.529. The molecule has 18 heavy (non-hydrogen) atoms. The first-order valence-corrected chi connectivity index (χ1v) is 6.34. The molecule has 0 saturated heterocycles. The largest absolute Gasteiger partial charge is 0.493 e. The van der Waals surface area contributed by atoms with Crippen LogP contribution in [0, 0.1) is 5.41 Å². The molecule has 1 aliphatic carbocycles. The predicted molar refractivity (Wildman–Crippen MR) is 71.6 cm³/mol. The number of ether oxygens (including phenoxy) is 1. The van der Waals surface area contributed by atoms with Gasteiger partial charge >= 0.3 is 0 Å². The number of amidine groups is 1. The van der Waals surface area contributed by atoms with Crippen LogP contribution in [-0.4, -0.2) is 17.6 Å². The van der Waals surface area contributed by atoms with Gasteiger partial charge < -0.3 is 15.7 Å². The van der Waals surface area contributed by atoms with Crippen LogP contribution in [0.25, 0.3) is 0 Å². The highest BCUT2D eigenvalue weighted by Crippen LogP contribution is 2.49. The van der Waals surface area contributed by atoms with Gasteiger partial charge in [0.15, 0.2) is 0 Å². The van der Waals surface area contributed by atoms with Crippen LogP contribution in [-0.2, 0) is 0 Å². The summed E-state index contributed by atoms with van der Waals surface area (Å²) < 4.78 is 5.68. The Hall–Kier alpha value is -1.13. The molecule has 0 heterocycles. The van der Waals surface area contributed by atoms with E-state index < -0.39 is 0 Å². The lowest BCUT2D eigenvalue weighted by atomic mass is 10.0. The van der Waals surface area contributed by atoms with Gasteiger partial charge in [-0.25, -0.2) is 0 Å². The van der Waals surface area contributed by atoms with E-state index in [1.165, 1.54) is 0 Å². The Bertz CT molecular complexity index is 473. The van der Waals surface area contributed by atoms with Gasteiger partial charge in [0.25, 0.3) is 0 Å². The van der Waals surface area contributed by atoms with E-state index in [1.807, 2.05) is 0 Å². The fourth-order valence-corrected chi connectivity index (χ4v) is 2.06. The minimum Gasteiger partial charge on any atom is -0.493 e. The number of oxime groups is 1. The molecule has 0 aromatic heterocycles. The number of rotatable bonds is 5. The molecule has 2 rings (SSSR count). The van der Waals surface area contributed by atoms with Gasteiger partial charge in [0.05, 0.1) is 16.7 Å². The minimum absolute atomic E-state index is 0.00241. The number of nitrogens with two attached hydrogens (primary N) is 1. The van der Waals surface area contributed by atoms with Crippen molar-refractivity contribution in [3.63, 3.8) is 0 Å². The maximum absolute atomic E-state index is 8.57. The molecule has 0 unspecified atom stereocenters. The zero-order valence-electron chi connectivity index (χ0n) is 9.70. The molecule has 0 aliphatic heterocycles. The summed E-state index contributed by atoms with van der Waals surface area (Å²) >= 11 is 11.7. The fraction of sp³-hybridized carbons (Fsp3) is 0.417. The van der Waals surface area contributed by atoms with Crippen LogP contribution < -0.4 is 10.5 Å². The third kappa shape index (κ3) is 3.21. The number of hydrogen-bond donors (Lipinski definition) is 2. The van der Waals surface area contributed by atoms with E-state index in [0.29, 0.717) is 28.8 Å². The van der Waals surface area contributed by atoms with Gasteiger partial charge in [-0.05, 0) is 25.0 Å². The van der Waals surface area contributed by atoms with Gasteiger partial charge in [-0.1, -0.05) is 28.4 Å². The SMILES string of the molecule is NC(CC1(COc2ccc(Cl)c(Cl)c2)CC1)=NO. The molecule has 0 amide bonds. The minimum atomic E-state index is 0.00241. The van der Waals surface area contributed by atoms with Crippen molar-refractivity contribution in [2.24, 2.45) is 16.3 Å². The standard InChI is InChI=1S/C12H14Cl2N2O2/c13-9-2-1-8(5-10(9)14)18-7-12(3-4-12)6-11(15)16-17/h1-2,5,17H,3-4,6-7H2,(H2,15,16). The van der Waals surface area contributed by atoms with Crippen LogP contribution in [0.1, 0.15) is 19.3 Å². The smallest absolute Gasteiger partial charge is 0.139 e. The van der Waals surface area contributed by atoms with E-state index in [9.17, 15) is 0 Å². The lowest BCUT2D eigenvalue weighted by Crippen LogP contribution is -2.22. The third-order valence-electron chi connectivity index (χ3n) is 3.08. The van der Waals surface area contributed by atoms with E-state index in [1.54, 1.807) is 18.2 Å². The van der Waals surface area contributed by atoms with Crippen LogP contribution in [0.4, 0.5) is 0 Å². The molecule has 3 N–H and O–H groups in total. The van der Waals surface area contributed by atoms with Crippen LogP contribution in [0.5, 0.6) is 5.75 Å². The molecular weight excluding hydrogens is 275 g/mol. The quantitative estimate of drug-likeness (QED) is 0.378. The second kappa shape index (κ2) is 5.24. The van der Waals surface area contributed by atoms with E-state index in [4.69, 9.17) is 38.9 Å². The molecule has 0 bridgehead atoms. The van der Waals surface area contributed by atoms with Gasteiger partial charge in [0.2, 0.25) is 0 Å². The van der Waals surface area contributed by atoms with Gasteiger partial charge in [-0.3, -0.25) is 0 Å². The summed E-state index contributed by atoms with van der Waals surface area (Å²) in [5.74, 6) is 0.917. The Morgan fingerprint density at radius 2 is 2.11 bits per heavy atom. The summed E-state index contributed by atoms with van der Waals surface area (Å²) in [7, 11) is 0. The van der Waals surface area contributed by atoms with Crippen LogP contribution in [0.3, 0.4) is 0 Å². The highest BCUT2D eigenvalue weighted by atomic mass is 35.5. The number of nitrogens with zero attached hydrogens (tertiary/aromatic N) is 1. The van der Waals surface area contributed by atoms with Crippen LogP contribution >= 0.6 is 23.2 Å². The molecule has 0 spiro atoms. The average Bonchev–Trinajstić information content (AvgIpc) is 3.11. The topological polar surface area (TPSA) is 67.8 Å². The summed E-state index contributed by atoms with van der Waals surface area (Å²) in [5, 5.41) is 12.5. The number of halogens is 2. The van der Waals surface area contributed by atoms with Gasteiger partial charge in [0, 0.05) is 17.9 Å². The second-order valence-corrected chi connectivity index (χ2v) is 5.45. The van der Waals surface area contributed by atoms with E-state index in [0.717, 1.165) is 12.8 Å². The van der Waals surface area contributed by atoms with Crippen molar-refractivity contribution in [1.82, 2.24) is 0 Å². The highest BCUT2D eigenvalue weighted by molar-refractivity contribution is 6.42. The van der Waals surface area contributed by atoms with Crippen molar-refractivity contribution in [3.05, 3.63) is 28.2 Å². The van der Waals surface area contributed by atoms with Crippen LogP contribution in [0.2, 0.25) is 10.0 Å². The number of hydrogen-bond acceptors (Lipinski definition) is 3. The molecule has 6 heteroatoms. The highest BCUT2D eigenvalue weighted by Gasteiger charge is 2.44. The first-order chi connectivity index (χ1) is 8.54. The maximum Gasteiger partial charge on any atom is 0.139 e. The van der Waals surface area contributed by atoms with Gasteiger partial charge in [0.1, 0.15) is 11.6 Å². The van der Waals surface area contributed by atoms with Gasteiger partial charge in [-0.15, -0.1) is 0 Å². The fourth-order valence-electron chi connectivity index (χ4n) is 1.77. The Labute approximate surface area is 115 Å². The Morgan fingerprint density at radius 1 is 1.39 bits per heavy atom. The summed E-state index contributed by atoms with van der Waals surface area (Å²) in [4.78, 5) is 0. The molecule has 1 aliphatic rings. The zero-order chi connectivity index (χ0) is 13.2. The molecule has 1 aromatic rings. The Kier molecular flexibility index (Phi) is 3.88. The molecule has 98 valence electrons. The average molecular weight is 289 g/mol. The van der Waals surface area contributed by atoms with E-state index in [-0.39, 0.29) is 11.3 Å². The number of benzene rings is 1. The van der Waals surface area contributed by atoms with Crippen molar-refractivity contribution < 1.29 is 9.94 Å². The molecular formula is C12H14Cl2N2O2. The molecule has 1 fully saturated rings. The van der Waals surface area contributed by atoms with Crippen molar-refractivity contribution >= 4 is 29.0 Å². The third-order valence-corrected chi connectivity index (χ3v) is 3.82. The van der Waals surface area contributed by atoms with Crippen LogP contribution in [0.15, 0.2) is 23.4 Å². The van der Waals surface area contributed by atoms with E-state index >= 15 is 0 Å². The Balaban J connectivity index is 1.93. The van der Waals surface area contributed by atoms with E-state index in [2.05, 4.69) is 5.16 Å². The predicted octanol–water partition coefficient (Wildman–Crippen LogP) is 3.29. The van der Waals surface area contributed by atoms with Crippen molar-refractivity contribution in [2.75, 3.05) is 6.61 Å². The normalized spacial score (nSPS) is 17.6. The summed E-state index contributed by atoms with van der Waals surface area (Å²) in [6, 6.07) is 5.15. The lowest BCUT2D eigenvalue weighted by molar-refractivity contribution is 0.236. The molecule has 0 atom stereocenters. The first-order valence-electron chi connectivity index (χ1n) is 5.59. The maximum atomic E-state index is 8.57. The molecule has 4 nitrogen and oxygen atoms in total. The Morgan fingerprint density at radius 3 is 2.67 bits per heavy atom. The second-order valence-electron chi connectivity index (χ2n) is 4.63. The van der Waals surface area contributed by atoms with Crippen molar-refractivity contribution in [1.29, 1.82) is 0 Å². The monoisotopic (exact) mass is 288 g/mol. The lowest BCUT2D eigenvalue weighted by Gasteiger charge is -2.15. The zero-order valence-corrected chi connectivity index (χ0v) is 11.2. The van der Waals surface area contributed by atoms with Crippen molar-refractivity contribution in [2.45, 2.75) is 19.3 Å². The molecule has 1 aromatic carbocycles.